The Morgan fingerprint density at radius 1 is 1.07 bits per heavy atom. The predicted octanol–water partition coefficient (Wildman–Crippen LogP) is 5.31. The number of nitro groups is 1. The average molecular weight is 394 g/mol. The summed E-state index contributed by atoms with van der Waals surface area (Å²) in [5, 5.41) is 14.2. The molecule has 0 saturated heterocycles. The lowest BCUT2D eigenvalue weighted by Crippen LogP contribution is -2.12. The van der Waals surface area contributed by atoms with Gasteiger partial charge in [-0.05, 0) is 42.5 Å². The molecule has 4 aromatic rings. The highest BCUT2D eigenvalue weighted by Gasteiger charge is 2.13. The Balaban J connectivity index is 1.60. The first-order chi connectivity index (χ1) is 13.5. The first-order valence-electron chi connectivity index (χ1n) is 8.22. The zero-order chi connectivity index (χ0) is 19.7. The van der Waals surface area contributed by atoms with Crippen LogP contribution in [0, 0.1) is 10.1 Å². The Hall–Kier alpha value is -3.71. The van der Waals surface area contributed by atoms with Crippen LogP contribution in [0.15, 0.2) is 71.1 Å². The van der Waals surface area contributed by atoms with E-state index in [2.05, 4.69) is 10.3 Å². The monoisotopic (exact) mass is 393 g/mol. The Kier molecular flexibility index (Phi) is 4.50. The predicted molar refractivity (Wildman–Crippen MR) is 106 cm³/mol. The van der Waals surface area contributed by atoms with E-state index in [-0.39, 0.29) is 11.3 Å². The van der Waals surface area contributed by atoms with Gasteiger partial charge in [0.05, 0.1) is 4.92 Å². The normalized spacial score (nSPS) is 10.8. The van der Waals surface area contributed by atoms with E-state index in [9.17, 15) is 14.9 Å². The molecule has 7 nitrogen and oxygen atoms in total. The Morgan fingerprint density at radius 3 is 2.68 bits per heavy atom. The standard InChI is InChI=1S/C20H12ClN3O4/c21-14-5-1-4-13(9-14)20-23-17-11-15(7-8-18(17)28-20)22-19(25)12-3-2-6-16(10-12)24(26)27/h1-11H,(H,22,25). The van der Waals surface area contributed by atoms with E-state index in [1.807, 2.05) is 6.07 Å². The summed E-state index contributed by atoms with van der Waals surface area (Å²) in [4.78, 5) is 27.2. The number of fused-ring (bicyclic) bond motifs is 1. The molecule has 0 aliphatic heterocycles. The molecule has 4 rings (SSSR count). The third kappa shape index (κ3) is 3.56. The number of amides is 1. The van der Waals surface area contributed by atoms with Crippen molar-refractivity contribution < 1.29 is 14.1 Å². The number of hydrogen-bond donors (Lipinski definition) is 1. The van der Waals surface area contributed by atoms with Gasteiger partial charge in [-0.25, -0.2) is 4.98 Å². The smallest absolute Gasteiger partial charge is 0.270 e. The number of nitro benzene ring substituents is 1. The summed E-state index contributed by atoms with van der Waals surface area (Å²) in [6, 6.07) is 17.7. The van der Waals surface area contributed by atoms with Crippen molar-refractivity contribution in [3.8, 4) is 11.5 Å². The van der Waals surface area contributed by atoms with Gasteiger partial charge in [0.1, 0.15) is 5.52 Å². The van der Waals surface area contributed by atoms with Gasteiger partial charge < -0.3 is 9.73 Å². The van der Waals surface area contributed by atoms with E-state index in [0.717, 1.165) is 5.56 Å². The maximum absolute atomic E-state index is 12.4. The zero-order valence-electron chi connectivity index (χ0n) is 14.3. The molecule has 138 valence electrons. The maximum Gasteiger partial charge on any atom is 0.270 e. The van der Waals surface area contributed by atoms with Crippen LogP contribution in [0.25, 0.3) is 22.6 Å². The number of carbonyl (C=O) groups excluding carboxylic acids is 1. The quantitative estimate of drug-likeness (QED) is 0.374. The number of nitrogens with zero attached hydrogens (tertiary/aromatic N) is 2. The summed E-state index contributed by atoms with van der Waals surface area (Å²) >= 11 is 6.01. The highest BCUT2D eigenvalue weighted by Crippen LogP contribution is 2.28. The molecule has 28 heavy (non-hydrogen) atoms. The summed E-state index contributed by atoms with van der Waals surface area (Å²) < 4.78 is 5.74. The Labute approximate surface area is 163 Å². The number of oxazole rings is 1. The molecule has 0 atom stereocenters. The van der Waals surface area contributed by atoms with Crippen LogP contribution in [-0.2, 0) is 0 Å². The number of rotatable bonds is 4. The minimum absolute atomic E-state index is 0.147. The van der Waals surface area contributed by atoms with Crippen molar-refractivity contribution in [2.45, 2.75) is 0 Å². The van der Waals surface area contributed by atoms with E-state index in [4.69, 9.17) is 16.0 Å². The topological polar surface area (TPSA) is 98.3 Å². The molecule has 0 aliphatic carbocycles. The number of carbonyl (C=O) groups is 1. The van der Waals surface area contributed by atoms with Gasteiger partial charge in [0.15, 0.2) is 5.58 Å². The van der Waals surface area contributed by atoms with Crippen LogP contribution in [0.3, 0.4) is 0 Å². The molecule has 0 spiro atoms. The number of benzene rings is 3. The highest BCUT2D eigenvalue weighted by molar-refractivity contribution is 6.30. The number of hydrogen-bond acceptors (Lipinski definition) is 5. The fraction of sp³-hybridized carbons (Fsp3) is 0. The number of anilines is 1. The lowest BCUT2D eigenvalue weighted by Gasteiger charge is -2.04. The van der Waals surface area contributed by atoms with Crippen LogP contribution in [0.5, 0.6) is 0 Å². The van der Waals surface area contributed by atoms with Gasteiger partial charge in [0.25, 0.3) is 11.6 Å². The van der Waals surface area contributed by atoms with E-state index in [1.165, 1.54) is 24.3 Å². The molecule has 0 saturated carbocycles. The van der Waals surface area contributed by atoms with Gasteiger partial charge in [-0.15, -0.1) is 0 Å². The Morgan fingerprint density at radius 2 is 1.89 bits per heavy atom. The van der Waals surface area contributed by atoms with Gasteiger partial charge in [-0.3, -0.25) is 14.9 Å². The summed E-state index contributed by atoms with van der Waals surface area (Å²) in [7, 11) is 0. The third-order valence-electron chi connectivity index (χ3n) is 4.04. The van der Waals surface area contributed by atoms with Crippen LogP contribution in [0.2, 0.25) is 5.02 Å². The van der Waals surface area contributed by atoms with Gasteiger partial charge in [0.2, 0.25) is 5.89 Å². The first kappa shape index (κ1) is 17.7. The van der Waals surface area contributed by atoms with Gasteiger partial charge in [-0.1, -0.05) is 23.7 Å². The average Bonchev–Trinajstić information content (AvgIpc) is 3.11. The van der Waals surface area contributed by atoms with E-state index in [1.54, 1.807) is 36.4 Å². The molecule has 1 heterocycles. The molecule has 0 bridgehead atoms. The van der Waals surface area contributed by atoms with E-state index < -0.39 is 10.8 Å². The van der Waals surface area contributed by atoms with Crippen LogP contribution in [0.1, 0.15) is 10.4 Å². The molecule has 8 heteroatoms. The Bertz CT molecular complexity index is 1220. The van der Waals surface area contributed by atoms with Crippen LogP contribution in [0.4, 0.5) is 11.4 Å². The van der Waals surface area contributed by atoms with Crippen molar-refractivity contribution in [3.05, 3.63) is 87.4 Å². The molecule has 1 aromatic heterocycles. The zero-order valence-corrected chi connectivity index (χ0v) is 15.0. The van der Waals surface area contributed by atoms with Crippen molar-refractivity contribution in [3.63, 3.8) is 0 Å². The van der Waals surface area contributed by atoms with E-state index >= 15 is 0 Å². The van der Waals surface area contributed by atoms with Crippen LogP contribution < -0.4 is 5.32 Å². The summed E-state index contributed by atoms with van der Waals surface area (Å²) in [6.45, 7) is 0. The second kappa shape index (κ2) is 7.13. The molecule has 1 N–H and O–H groups in total. The summed E-state index contributed by atoms with van der Waals surface area (Å²) in [5.41, 5.74) is 2.40. The lowest BCUT2D eigenvalue weighted by atomic mass is 10.2. The number of nitrogens with one attached hydrogen (secondary N) is 1. The molecule has 0 unspecified atom stereocenters. The van der Waals surface area contributed by atoms with Gasteiger partial charge in [0, 0.05) is 34.0 Å². The maximum atomic E-state index is 12.4. The van der Waals surface area contributed by atoms with Crippen molar-refractivity contribution in [2.24, 2.45) is 0 Å². The van der Waals surface area contributed by atoms with Crippen molar-refractivity contribution in [2.75, 3.05) is 5.32 Å². The molecular weight excluding hydrogens is 382 g/mol. The van der Waals surface area contributed by atoms with Crippen molar-refractivity contribution >= 4 is 40.0 Å². The number of non-ortho nitro benzene ring substituents is 1. The largest absolute Gasteiger partial charge is 0.436 e. The number of aromatic nitrogens is 1. The lowest BCUT2D eigenvalue weighted by molar-refractivity contribution is -0.384. The molecule has 0 radical (unpaired) electrons. The molecule has 1 amide bonds. The van der Waals surface area contributed by atoms with Crippen LogP contribution >= 0.6 is 11.6 Å². The van der Waals surface area contributed by atoms with Crippen LogP contribution in [-0.4, -0.2) is 15.8 Å². The fourth-order valence-electron chi connectivity index (χ4n) is 2.71. The van der Waals surface area contributed by atoms with E-state index in [0.29, 0.717) is 27.7 Å². The second-order valence-corrected chi connectivity index (χ2v) is 6.41. The summed E-state index contributed by atoms with van der Waals surface area (Å²) in [5.74, 6) is -0.0405. The highest BCUT2D eigenvalue weighted by atomic mass is 35.5. The molecule has 3 aromatic carbocycles. The first-order valence-corrected chi connectivity index (χ1v) is 8.60. The van der Waals surface area contributed by atoms with Crippen molar-refractivity contribution in [1.29, 1.82) is 0 Å². The number of halogens is 1. The van der Waals surface area contributed by atoms with Gasteiger partial charge >= 0.3 is 0 Å². The fourth-order valence-corrected chi connectivity index (χ4v) is 2.90. The van der Waals surface area contributed by atoms with Gasteiger partial charge in [-0.2, -0.15) is 0 Å². The minimum atomic E-state index is -0.546. The molecule has 0 fully saturated rings. The SMILES string of the molecule is O=C(Nc1ccc2oc(-c3cccc(Cl)c3)nc2c1)c1cccc([N+](=O)[O-])c1. The second-order valence-electron chi connectivity index (χ2n) is 5.97. The minimum Gasteiger partial charge on any atom is -0.436 e. The molecule has 0 aliphatic rings. The molecular formula is C20H12ClN3O4. The summed E-state index contributed by atoms with van der Waals surface area (Å²) in [6.07, 6.45) is 0. The third-order valence-corrected chi connectivity index (χ3v) is 4.27. The van der Waals surface area contributed by atoms with Crippen molar-refractivity contribution in [1.82, 2.24) is 4.98 Å².